The Morgan fingerprint density at radius 3 is 2.24 bits per heavy atom. The van der Waals surface area contributed by atoms with Crippen molar-refractivity contribution in [3.05, 3.63) is 75.2 Å². The second-order valence-electron chi connectivity index (χ2n) is 7.00. The van der Waals surface area contributed by atoms with E-state index in [-0.39, 0.29) is 11.8 Å². The fourth-order valence-electron chi connectivity index (χ4n) is 3.75. The molecular formula is C23H18Cl3NO2. The lowest BCUT2D eigenvalue weighted by atomic mass is 9.86. The number of para-hydroxylation sites is 1. The van der Waals surface area contributed by atoms with Crippen LogP contribution in [0.25, 0.3) is 11.1 Å². The number of anilines is 2. The third-order valence-electron chi connectivity index (χ3n) is 5.15. The van der Waals surface area contributed by atoms with Crippen molar-refractivity contribution in [2.45, 2.75) is 13.3 Å². The van der Waals surface area contributed by atoms with Crippen molar-refractivity contribution < 1.29 is 9.53 Å². The van der Waals surface area contributed by atoms with Crippen molar-refractivity contribution in [3.63, 3.8) is 0 Å². The second kappa shape index (κ2) is 7.91. The molecule has 1 amide bonds. The van der Waals surface area contributed by atoms with Crippen LogP contribution in [-0.4, -0.2) is 13.0 Å². The number of methoxy groups -OCH3 is 1. The molecule has 1 heterocycles. The van der Waals surface area contributed by atoms with Gasteiger partial charge in [-0.3, -0.25) is 9.69 Å². The number of fused-ring (bicyclic) bond motifs is 1. The molecule has 0 fully saturated rings. The summed E-state index contributed by atoms with van der Waals surface area (Å²) in [5, 5.41) is 1.45. The maximum atomic E-state index is 13.2. The molecule has 3 nitrogen and oxygen atoms in total. The molecule has 0 radical (unpaired) electrons. The maximum Gasteiger partial charge on any atom is 0.234 e. The van der Waals surface area contributed by atoms with Crippen LogP contribution in [0.4, 0.5) is 11.4 Å². The van der Waals surface area contributed by atoms with Gasteiger partial charge in [-0.05, 0) is 41.8 Å². The van der Waals surface area contributed by atoms with Crippen molar-refractivity contribution in [1.82, 2.24) is 0 Å². The maximum absolute atomic E-state index is 13.2. The average molecular weight is 447 g/mol. The van der Waals surface area contributed by atoms with E-state index >= 15 is 0 Å². The van der Waals surface area contributed by atoms with Gasteiger partial charge in [0.25, 0.3) is 0 Å². The molecule has 0 aliphatic carbocycles. The molecule has 29 heavy (non-hydrogen) atoms. The SMILES string of the molecule is COc1cc(-c2ccccc2Cl)c2c(c1)N(c1c(Cl)cccc1Cl)C(=O)C(C)C2. The molecule has 0 saturated heterocycles. The zero-order valence-corrected chi connectivity index (χ0v) is 18.1. The van der Waals surface area contributed by atoms with Crippen molar-refractivity contribution >= 4 is 52.1 Å². The molecule has 1 aliphatic rings. The predicted molar refractivity (Wildman–Crippen MR) is 120 cm³/mol. The lowest BCUT2D eigenvalue weighted by Crippen LogP contribution is -2.37. The minimum Gasteiger partial charge on any atom is -0.497 e. The lowest BCUT2D eigenvalue weighted by Gasteiger charge is -2.35. The summed E-state index contributed by atoms with van der Waals surface area (Å²) in [5.41, 5.74) is 4.00. The first kappa shape index (κ1) is 20.1. The highest BCUT2D eigenvalue weighted by Crippen LogP contribution is 2.48. The summed E-state index contributed by atoms with van der Waals surface area (Å²) in [7, 11) is 1.60. The predicted octanol–water partition coefficient (Wildman–Crippen LogP) is 7.18. The first-order valence-electron chi connectivity index (χ1n) is 9.16. The molecule has 0 saturated carbocycles. The average Bonchev–Trinajstić information content (AvgIpc) is 2.70. The molecule has 0 spiro atoms. The Bertz CT molecular complexity index is 1090. The molecule has 1 unspecified atom stereocenters. The number of rotatable bonds is 3. The standard InChI is InChI=1S/C23H18Cl3NO2/c1-13-10-17-16(15-6-3-4-7-18(15)24)11-14(29-2)12-21(17)27(23(13)28)22-19(25)8-5-9-20(22)26/h3-9,11-13H,10H2,1-2H3. The van der Waals surface area contributed by atoms with Crippen LogP contribution in [-0.2, 0) is 11.2 Å². The number of carbonyl (C=O) groups is 1. The monoisotopic (exact) mass is 445 g/mol. The van der Waals surface area contributed by atoms with Gasteiger partial charge in [0.2, 0.25) is 5.91 Å². The lowest BCUT2D eigenvalue weighted by molar-refractivity contribution is -0.121. The van der Waals surface area contributed by atoms with Gasteiger partial charge in [0.15, 0.2) is 0 Å². The van der Waals surface area contributed by atoms with E-state index in [4.69, 9.17) is 39.5 Å². The Morgan fingerprint density at radius 1 is 0.931 bits per heavy atom. The van der Waals surface area contributed by atoms with Crippen LogP contribution in [0.15, 0.2) is 54.6 Å². The number of amides is 1. The second-order valence-corrected chi connectivity index (χ2v) is 8.22. The summed E-state index contributed by atoms with van der Waals surface area (Å²) in [6.07, 6.45) is 0.581. The third kappa shape index (κ3) is 3.48. The van der Waals surface area contributed by atoms with Crippen LogP contribution in [0, 0.1) is 5.92 Å². The summed E-state index contributed by atoms with van der Waals surface area (Å²) in [6, 6.07) is 16.7. The van der Waals surface area contributed by atoms with Gasteiger partial charge in [-0.25, -0.2) is 0 Å². The number of halogens is 3. The molecule has 0 bridgehead atoms. The minimum atomic E-state index is -0.246. The molecule has 0 aromatic heterocycles. The van der Waals surface area contributed by atoms with Crippen molar-refractivity contribution in [1.29, 1.82) is 0 Å². The van der Waals surface area contributed by atoms with Crippen LogP contribution >= 0.6 is 34.8 Å². The van der Waals surface area contributed by atoms with Gasteiger partial charge in [-0.1, -0.05) is 66.0 Å². The van der Waals surface area contributed by atoms with Crippen LogP contribution in [0.2, 0.25) is 15.1 Å². The van der Waals surface area contributed by atoms with Gasteiger partial charge in [-0.15, -0.1) is 0 Å². The van der Waals surface area contributed by atoms with E-state index in [9.17, 15) is 4.79 Å². The number of ether oxygens (including phenoxy) is 1. The Kier molecular flexibility index (Phi) is 5.48. The van der Waals surface area contributed by atoms with Crippen molar-refractivity contribution in [2.24, 2.45) is 5.92 Å². The Labute approximate surface area is 184 Å². The topological polar surface area (TPSA) is 29.5 Å². The van der Waals surface area contributed by atoms with E-state index in [1.54, 1.807) is 30.2 Å². The van der Waals surface area contributed by atoms with E-state index in [0.717, 1.165) is 16.7 Å². The molecule has 0 N–H and O–H groups in total. The van der Waals surface area contributed by atoms with Crippen LogP contribution in [0.5, 0.6) is 5.75 Å². The van der Waals surface area contributed by atoms with Gasteiger partial charge >= 0.3 is 0 Å². The van der Waals surface area contributed by atoms with Gasteiger partial charge in [0.1, 0.15) is 5.75 Å². The van der Waals surface area contributed by atoms with E-state index in [1.807, 2.05) is 43.3 Å². The van der Waals surface area contributed by atoms with E-state index in [2.05, 4.69) is 0 Å². The van der Waals surface area contributed by atoms with Crippen LogP contribution in [0.3, 0.4) is 0 Å². The highest BCUT2D eigenvalue weighted by molar-refractivity contribution is 6.40. The van der Waals surface area contributed by atoms with E-state index in [1.165, 1.54) is 0 Å². The fourth-order valence-corrected chi connectivity index (χ4v) is 4.55. The number of benzene rings is 3. The number of hydrogen-bond acceptors (Lipinski definition) is 2. The first-order valence-corrected chi connectivity index (χ1v) is 10.3. The third-order valence-corrected chi connectivity index (χ3v) is 6.09. The molecule has 4 rings (SSSR count). The van der Waals surface area contributed by atoms with Gasteiger partial charge in [0, 0.05) is 22.6 Å². The molecule has 6 heteroatoms. The highest BCUT2D eigenvalue weighted by Gasteiger charge is 2.35. The Hall–Kier alpha value is -2.20. The zero-order chi connectivity index (χ0) is 20.7. The molecule has 1 aliphatic heterocycles. The summed E-state index contributed by atoms with van der Waals surface area (Å²) in [4.78, 5) is 14.9. The van der Waals surface area contributed by atoms with E-state index < -0.39 is 0 Å². The number of carbonyl (C=O) groups excluding carboxylic acids is 1. The highest BCUT2D eigenvalue weighted by atomic mass is 35.5. The summed E-state index contributed by atoms with van der Waals surface area (Å²) < 4.78 is 5.54. The zero-order valence-electron chi connectivity index (χ0n) is 15.9. The normalized spacial score (nSPS) is 16.0. The fraction of sp³-hybridized carbons (Fsp3) is 0.174. The molecule has 3 aromatic rings. The molecule has 148 valence electrons. The van der Waals surface area contributed by atoms with Crippen molar-refractivity contribution in [2.75, 3.05) is 12.0 Å². The minimum absolute atomic E-state index is 0.0640. The largest absolute Gasteiger partial charge is 0.497 e. The molecule has 3 aromatic carbocycles. The van der Waals surface area contributed by atoms with Gasteiger partial charge < -0.3 is 4.74 Å². The first-order chi connectivity index (χ1) is 13.9. The van der Waals surface area contributed by atoms with Gasteiger partial charge in [-0.2, -0.15) is 0 Å². The van der Waals surface area contributed by atoms with E-state index in [0.29, 0.717) is 38.6 Å². The van der Waals surface area contributed by atoms with Gasteiger partial charge in [0.05, 0.1) is 28.5 Å². The number of hydrogen-bond donors (Lipinski definition) is 0. The molecule has 1 atom stereocenters. The summed E-state index contributed by atoms with van der Waals surface area (Å²) in [5.74, 6) is 0.310. The van der Waals surface area contributed by atoms with Crippen molar-refractivity contribution in [3.8, 4) is 16.9 Å². The summed E-state index contributed by atoms with van der Waals surface area (Å²) in [6.45, 7) is 1.91. The number of nitrogens with zero attached hydrogens (tertiary/aromatic N) is 1. The quantitative estimate of drug-likeness (QED) is 0.426. The van der Waals surface area contributed by atoms with Crippen LogP contribution in [0.1, 0.15) is 12.5 Å². The smallest absolute Gasteiger partial charge is 0.234 e. The van der Waals surface area contributed by atoms with Crippen LogP contribution < -0.4 is 9.64 Å². The summed E-state index contributed by atoms with van der Waals surface area (Å²) >= 11 is 19.4. The molecular weight excluding hydrogens is 429 g/mol. The Balaban J connectivity index is 2.04. The Morgan fingerprint density at radius 2 is 1.59 bits per heavy atom.